The molecule has 4 atom stereocenters. The van der Waals surface area contributed by atoms with Crippen LogP contribution in [0.4, 0.5) is 0 Å². The first kappa shape index (κ1) is 22.9. The molecule has 3 fully saturated rings. The quantitative estimate of drug-likeness (QED) is 0.430. The van der Waals surface area contributed by atoms with Crippen LogP contribution in [0.25, 0.3) is 11.4 Å². The lowest BCUT2D eigenvalue weighted by Crippen LogP contribution is -2.22. The van der Waals surface area contributed by atoms with Gasteiger partial charge in [-0.2, -0.15) is 4.98 Å². The summed E-state index contributed by atoms with van der Waals surface area (Å²) in [5.74, 6) is 2.53. The zero-order chi connectivity index (χ0) is 24.8. The number of aromatic nitrogens is 6. The predicted molar refractivity (Wildman–Crippen MR) is 125 cm³/mol. The van der Waals surface area contributed by atoms with Gasteiger partial charge in [-0.3, -0.25) is 4.79 Å². The molecule has 3 aromatic rings. The Morgan fingerprint density at radius 2 is 2.03 bits per heavy atom. The number of pyridine rings is 1. The standard InChI is InChI=1S/C25H30N6O5/c1-13-21(35-16-10-15-6-7-17(18(15)11-16)24(32)33-3)9-8-19(26-13)22-20(31(2)30-28-22)12-34-25-27-23(36-29-25)14-4-5-14/h8-9,14-18H,4-7,10-12H2,1-3H3. The summed E-state index contributed by atoms with van der Waals surface area (Å²) in [7, 11) is 3.28. The van der Waals surface area contributed by atoms with Crippen molar-refractivity contribution in [3.05, 3.63) is 29.4 Å². The lowest BCUT2D eigenvalue weighted by Gasteiger charge is -2.18. The monoisotopic (exact) mass is 494 g/mol. The number of methoxy groups -OCH3 is 1. The number of carbonyl (C=O) groups is 1. The van der Waals surface area contributed by atoms with E-state index in [4.69, 9.17) is 23.7 Å². The average Bonchev–Trinajstić information content (AvgIpc) is 3.17. The molecule has 4 unspecified atom stereocenters. The number of hydrogen-bond donors (Lipinski definition) is 0. The first-order valence-corrected chi connectivity index (χ1v) is 12.6. The maximum absolute atomic E-state index is 12.1. The molecule has 190 valence electrons. The smallest absolute Gasteiger partial charge is 0.354 e. The molecule has 0 N–H and O–H groups in total. The van der Waals surface area contributed by atoms with E-state index in [0.717, 1.165) is 55.7 Å². The fourth-order valence-electron chi connectivity index (χ4n) is 5.71. The summed E-state index contributed by atoms with van der Waals surface area (Å²) in [6.45, 7) is 2.12. The van der Waals surface area contributed by atoms with Gasteiger partial charge in [0.25, 0.3) is 0 Å². The molecule has 0 amide bonds. The second kappa shape index (κ2) is 9.18. The molecule has 3 saturated carbocycles. The van der Waals surface area contributed by atoms with Gasteiger partial charge in [0.2, 0.25) is 5.89 Å². The second-order valence-electron chi connectivity index (χ2n) is 10.1. The van der Waals surface area contributed by atoms with Crippen molar-refractivity contribution in [2.75, 3.05) is 7.11 Å². The molecule has 3 aliphatic rings. The number of nitrogens with zero attached hydrogens (tertiary/aromatic N) is 6. The Balaban J connectivity index is 1.13. The largest absolute Gasteiger partial charge is 0.489 e. The highest BCUT2D eigenvalue weighted by Crippen LogP contribution is 2.49. The minimum atomic E-state index is -0.0863. The van der Waals surface area contributed by atoms with Crippen molar-refractivity contribution >= 4 is 5.97 Å². The number of rotatable bonds is 8. The molecule has 11 heteroatoms. The predicted octanol–water partition coefficient (Wildman–Crippen LogP) is 3.38. The van der Waals surface area contributed by atoms with E-state index >= 15 is 0 Å². The molecule has 3 aliphatic carbocycles. The van der Waals surface area contributed by atoms with Gasteiger partial charge >= 0.3 is 12.0 Å². The van der Waals surface area contributed by atoms with Gasteiger partial charge in [0, 0.05) is 13.0 Å². The Morgan fingerprint density at radius 3 is 2.81 bits per heavy atom. The Bertz CT molecular complexity index is 1270. The lowest BCUT2D eigenvalue weighted by molar-refractivity contribution is -0.146. The van der Waals surface area contributed by atoms with Crippen LogP contribution in [0.15, 0.2) is 16.7 Å². The van der Waals surface area contributed by atoms with Gasteiger partial charge in [0.1, 0.15) is 23.7 Å². The molecule has 11 nitrogen and oxygen atoms in total. The van der Waals surface area contributed by atoms with E-state index in [1.807, 2.05) is 26.1 Å². The summed E-state index contributed by atoms with van der Waals surface area (Å²) < 4.78 is 24.1. The van der Waals surface area contributed by atoms with Crippen molar-refractivity contribution in [2.45, 2.75) is 64.1 Å². The van der Waals surface area contributed by atoms with E-state index in [-0.39, 0.29) is 30.6 Å². The molecule has 6 rings (SSSR count). The lowest BCUT2D eigenvalue weighted by atomic mass is 9.92. The van der Waals surface area contributed by atoms with Gasteiger partial charge in [-0.05, 0) is 74.6 Å². The van der Waals surface area contributed by atoms with Crippen LogP contribution < -0.4 is 9.47 Å². The topological polar surface area (TPSA) is 127 Å². The normalized spacial score (nSPS) is 25.1. The summed E-state index contributed by atoms with van der Waals surface area (Å²) in [6.07, 6.45) is 6.05. The van der Waals surface area contributed by atoms with Crippen molar-refractivity contribution in [1.82, 2.24) is 30.1 Å². The number of fused-ring (bicyclic) bond motifs is 1. The third-order valence-corrected chi connectivity index (χ3v) is 7.78. The van der Waals surface area contributed by atoms with Gasteiger partial charge in [0.15, 0.2) is 0 Å². The van der Waals surface area contributed by atoms with Crippen LogP contribution in [0.5, 0.6) is 11.8 Å². The van der Waals surface area contributed by atoms with E-state index in [2.05, 4.69) is 20.5 Å². The van der Waals surface area contributed by atoms with Gasteiger partial charge < -0.3 is 18.7 Å². The number of hydrogen-bond acceptors (Lipinski definition) is 10. The molecule has 0 aromatic carbocycles. The number of ether oxygens (including phenoxy) is 3. The third kappa shape index (κ3) is 4.31. The second-order valence-corrected chi connectivity index (χ2v) is 10.1. The minimum absolute atomic E-state index is 0.000220. The summed E-state index contributed by atoms with van der Waals surface area (Å²) in [5, 5.41) is 12.4. The number of carbonyl (C=O) groups excluding carboxylic acids is 1. The zero-order valence-electron chi connectivity index (χ0n) is 20.7. The Kier molecular flexibility index (Phi) is 5.85. The van der Waals surface area contributed by atoms with Crippen molar-refractivity contribution in [1.29, 1.82) is 0 Å². The summed E-state index contributed by atoms with van der Waals surface area (Å²) >= 11 is 0. The fraction of sp³-hybridized carbons (Fsp3) is 0.600. The maximum atomic E-state index is 12.1. The number of esters is 1. The molecule has 36 heavy (non-hydrogen) atoms. The Morgan fingerprint density at radius 1 is 1.17 bits per heavy atom. The van der Waals surface area contributed by atoms with E-state index < -0.39 is 0 Å². The van der Waals surface area contributed by atoms with Crippen molar-refractivity contribution in [3.63, 3.8) is 0 Å². The molecular weight excluding hydrogens is 464 g/mol. The van der Waals surface area contributed by atoms with E-state index in [1.165, 1.54) is 7.11 Å². The number of aryl methyl sites for hydroxylation is 2. The zero-order valence-corrected chi connectivity index (χ0v) is 20.7. The third-order valence-electron chi connectivity index (χ3n) is 7.78. The first-order valence-electron chi connectivity index (χ1n) is 12.6. The fourth-order valence-corrected chi connectivity index (χ4v) is 5.71. The summed E-state index contributed by atoms with van der Waals surface area (Å²) in [6, 6.07) is 4.04. The summed E-state index contributed by atoms with van der Waals surface area (Å²) in [5.41, 5.74) is 2.85. The van der Waals surface area contributed by atoms with Crippen LogP contribution in [-0.4, -0.2) is 49.3 Å². The van der Waals surface area contributed by atoms with Crippen LogP contribution in [0, 0.1) is 24.7 Å². The van der Waals surface area contributed by atoms with Crippen LogP contribution in [0.2, 0.25) is 0 Å². The highest BCUT2D eigenvalue weighted by Gasteiger charge is 2.47. The molecule has 0 bridgehead atoms. The highest BCUT2D eigenvalue weighted by atomic mass is 16.6. The van der Waals surface area contributed by atoms with E-state index in [9.17, 15) is 4.79 Å². The first-order chi connectivity index (χ1) is 17.5. The van der Waals surface area contributed by atoms with E-state index in [0.29, 0.717) is 35.0 Å². The molecule has 3 aromatic heterocycles. The minimum Gasteiger partial charge on any atom is -0.489 e. The van der Waals surface area contributed by atoms with Gasteiger partial charge in [-0.25, -0.2) is 9.67 Å². The molecule has 3 heterocycles. The van der Waals surface area contributed by atoms with Crippen LogP contribution >= 0.6 is 0 Å². The SMILES string of the molecule is COC(=O)C1CCC2CC(Oc3ccc(-c4nnn(C)c4COc4noc(C5CC5)n4)nc3C)CC21. The molecule has 0 aliphatic heterocycles. The van der Waals surface area contributed by atoms with Crippen molar-refractivity contribution < 1.29 is 23.5 Å². The molecule has 0 saturated heterocycles. The van der Waals surface area contributed by atoms with E-state index in [1.54, 1.807) is 4.68 Å². The van der Waals surface area contributed by atoms with Crippen molar-refractivity contribution in [2.24, 2.45) is 24.8 Å². The average molecular weight is 495 g/mol. The summed E-state index contributed by atoms with van der Waals surface area (Å²) in [4.78, 5) is 21.2. The molecule has 0 radical (unpaired) electrons. The highest BCUT2D eigenvalue weighted by molar-refractivity contribution is 5.73. The van der Waals surface area contributed by atoms with Crippen LogP contribution in [-0.2, 0) is 23.2 Å². The Labute approximate surface area is 208 Å². The van der Waals surface area contributed by atoms with Crippen LogP contribution in [0.3, 0.4) is 0 Å². The molecular formula is C25H30N6O5. The van der Waals surface area contributed by atoms with Gasteiger partial charge in [-0.15, -0.1) is 5.10 Å². The van der Waals surface area contributed by atoms with Crippen molar-refractivity contribution in [3.8, 4) is 23.1 Å². The van der Waals surface area contributed by atoms with Gasteiger partial charge in [-0.1, -0.05) is 5.21 Å². The Hall–Kier alpha value is -3.50. The molecule has 0 spiro atoms. The maximum Gasteiger partial charge on any atom is 0.354 e. The van der Waals surface area contributed by atoms with Crippen LogP contribution in [0.1, 0.15) is 61.7 Å². The van der Waals surface area contributed by atoms with Gasteiger partial charge in [0.05, 0.1) is 30.5 Å².